The van der Waals surface area contributed by atoms with Crippen LogP contribution in [0.5, 0.6) is 0 Å². The third-order valence-corrected chi connectivity index (χ3v) is 8.52. The van der Waals surface area contributed by atoms with E-state index in [0.717, 1.165) is 56.7 Å². The maximum absolute atomic E-state index is 13.3. The molecule has 2 aliphatic heterocycles. The number of nitrogens with zero attached hydrogens (tertiary/aromatic N) is 6. The number of alkyl halides is 3. The highest BCUT2D eigenvalue weighted by Gasteiger charge is 2.40. The third kappa shape index (κ3) is 5.68. The number of hydrogen-bond donors (Lipinski definition) is 0. The largest absolute Gasteiger partial charge is 0.417 e. The lowest BCUT2D eigenvalue weighted by atomic mass is 9.85. The van der Waals surface area contributed by atoms with E-state index in [1.54, 1.807) is 0 Å². The van der Waals surface area contributed by atoms with Crippen molar-refractivity contribution in [2.24, 2.45) is 0 Å². The number of hydrogen-bond acceptors (Lipinski definition) is 6. The van der Waals surface area contributed by atoms with Crippen LogP contribution < -0.4 is 4.90 Å². The van der Waals surface area contributed by atoms with E-state index < -0.39 is 11.7 Å². The highest BCUT2D eigenvalue weighted by molar-refractivity contribution is 5.96. The van der Waals surface area contributed by atoms with Crippen LogP contribution in [0.3, 0.4) is 0 Å². The van der Waals surface area contributed by atoms with Gasteiger partial charge < -0.3 is 9.80 Å². The SMILES string of the molecule is Cc1ncnc(C)c1C(=O)N1CCC(C)(N2CCC(N(c3ccccc3)c3ccc(C(F)(F)F)cn3)CC2)CC1. The standard InChI is InChI=1S/C30H35F3N6O/c1-21-27(22(2)36-20-35-21)28(40)37-17-13-29(3,14-18-37)38-15-11-25(12-16-38)39(24-7-5-4-6-8-24)26-10-9-23(19-34-26)30(31,32)33/h4-10,19-20,25H,11-18H2,1-3H3. The van der Waals surface area contributed by atoms with Gasteiger partial charge in [0.2, 0.25) is 0 Å². The fourth-order valence-electron chi connectivity index (χ4n) is 6.05. The molecule has 2 saturated heterocycles. The van der Waals surface area contributed by atoms with Crippen molar-refractivity contribution in [1.29, 1.82) is 0 Å². The van der Waals surface area contributed by atoms with E-state index in [1.807, 2.05) is 49.1 Å². The van der Waals surface area contributed by atoms with E-state index in [2.05, 4.69) is 31.7 Å². The first-order valence-corrected chi connectivity index (χ1v) is 13.8. The molecule has 2 aliphatic rings. The Bertz CT molecular complexity index is 1300. The Labute approximate surface area is 233 Å². The summed E-state index contributed by atoms with van der Waals surface area (Å²) < 4.78 is 39.5. The molecule has 0 saturated carbocycles. The topological polar surface area (TPSA) is 65.5 Å². The lowest BCUT2D eigenvalue weighted by molar-refractivity contribution is -0.137. The van der Waals surface area contributed by atoms with Gasteiger partial charge in [0, 0.05) is 49.6 Å². The molecule has 0 aliphatic carbocycles. The van der Waals surface area contributed by atoms with Crippen LogP contribution in [0.4, 0.5) is 24.7 Å². The summed E-state index contributed by atoms with van der Waals surface area (Å²) in [5.41, 5.74) is 2.16. The number of likely N-dealkylation sites (tertiary alicyclic amines) is 2. The van der Waals surface area contributed by atoms with Gasteiger partial charge in [-0.25, -0.2) is 15.0 Å². The van der Waals surface area contributed by atoms with Gasteiger partial charge in [-0.15, -0.1) is 0 Å². The zero-order chi connectivity index (χ0) is 28.5. The number of benzene rings is 1. The number of rotatable bonds is 5. The van der Waals surface area contributed by atoms with Crippen LogP contribution in [0.25, 0.3) is 0 Å². The zero-order valence-electron chi connectivity index (χ0n) is 23.2. The van der Waals surface area contributed by atoms with E-state index in [9.17, 15) is 18.0 Å². The molecular weight excluding hydrogens is 517 g/mol. The van der Waals surface area contributed by atoms with Gasteiger partial charge in [-0.1, -0.05) is 18.2 Å². The van der Waals surface area contributed by atoms with Gasteiger partial charge >= 0.3 is 6.18 Å². The van der Waals surface area contributed by atoms with Gasteiger partial charge in [-0.3, -0.25) is 9.69 Å². The quantitative estimate of drug-likeness (QED) is 0.398. The molecule has 4 heterocycles. The molecule has 0 bridgehead atoms. The minimum atomic E-state index is -4.42. The second kappa shape index (κ2) is 11.2. The van der Waals surface area contributed by atoms with Crippen molar-refractivity contribution < 1.29 is 18.0 Å². The Hall–Kier alpha value is -3.53. The molecule has 10 heteroatoms. The fourth-order valence-corrected chi connectivity index (χ4v) is 6.05. The highest BCUT2D eigenvalue weighted by Crippen LogP contribution is 2.37. The highest BCUT2D eigenvalue weighted by atomic mass is 19.4. The Morgan fingerprint density at radius 1 is 0.925 bits per heavy atom. The predicted octanol–water partition coefficient (Wildman–Crippen LogP) is 5.80. The van der Waals surface area contributed by atoms with Crippen LogP contribution >= 0.6 is 0 Å². The average Bonchev–Trinajstić information content (AvgIpc) is 2.94. The third-order valence-electron chi connectivity index (χ3n) is 8.52. The second-order valence-corrected chi connectivity index (χ2v) is 11.0. The lowest BCUT2D eigenvalue weighted by Gasteiger charge is -2.50. The molecule has 5 rings (SSSR count). The van der Waals surface area contributed by atoms with Crippen LogP contribution in [0.15, 0.2) is 55.0 Å². The van der Waals surface area contributed by atoms with Gasteiger partial charge in [0.15, 0.2) is 0 Å². The van der Waals surface area contributed by atoms with Gasteiger partial charge in [0.25, 0.3) is 5.91 Å². The molecule has 3 aromatic rings. The summed E-state index contributed by atoms with van der Waals surface area (Å²) >= 11 is 0. The summed E-state index contributed by atoms with van der Waals surface area (Å²) in [5, 5.41) is 0. The van der Waals surface area contributed by atoms with Gasteiger partial charge in [-0.05, 0) is 70.7 Å². The van der Waals surface area contributed by atoms with Crippen molar-refractivity contribution in [3.8, 4) is 0 Å². The molecule has 2 aromatic heterocycles. The number of anilines is 2. The number of halogens is 3. The van der Waals surface area contributed by atoms with Crippen molar-refractivity contribution in [3.05, 3.63) is 77.5 Å². The summed E-state index contributed by atoms with van der Waals surface area (Å²) in [6.45, 7) is 9.05. The molecule has 0 spiro atoms. The fraction of sp³-hybridized carbons (Fsp3) is 0.467. The van der Waals surface area contributed by atoms with Gasteiger partial charge in [-0.2, -0.15) is 13.2 Å². The van der Waals surface area contributed by atoms with Crippen molar-refractivity contribution >= 4 is 17.4 Å². The number of amides is 1. The number of para-hydroxylation sites is 1. The number of aromatic nitrogens is 3. The van der Waals surface area contributed by atoms with Crippen LogP contribution in [0.2, 0.25) is 0 Å². The molecule has 40 heavy (non-hydrogen) atoms. The minimum absolute atomic E-state index is 0.00102. The maximum atomic E-state index is 13.3. The first kappa shape index (κ1) is 28.0. The second-order valence-electron chi connectivity index (χ2n) is 11.0. The molecule has 0 N–H and O–H groups in total. The van der Waals surface area contributed by atoms with Crippen LogP contribution in [0.1, 0.15) is 59.9 Å². The van der Waals surface area contributed by atoms with Crippen molar-refractivity contribution in [3.63, 3.8) is 0 Å². The van der Waals surface area contributed by atoms with Crippen molar-refractivity contribution in [2.45, 2.75) is 64.2 Å². The number of carbonyl (C=O) groups excluding carboxylic acids is 1. The number of piperidine rings is 2. The van der Waals surface area contributed by atoms with Crippen LogP contribution in [0, 0.1) is 13.8 Å². The molecular formula is C30H35F3N6O. The van der Waals surface area contributed by atoms with Crippen LogP contribution in [-0.4, -0.2) is 68.4 Å². The van der Waals surface area contributed by atoms with Crippen LogP contribution in [-0.2, 0) is 6.18 Å². The van der Waals surface area contributed by atoms with E-state index in [4.69, 9.17) is 0 Å². The number of carbonyl (C=O) groups is 1. The van der Waals surface area contributed by atoms with Gasteiger partial charge in [0.1, 0.15) is 12.1 Å². The van der Waals surface area contributed by atoms with Crippen molar-refractivity contribution in [1.82, 2.24) is 24.8 Å². The molecule has 0 unspecified atom stereocenters. The molecule has 0 atom stereocenters. The van der Waals surface area contributed by atoms with Gasteiger partial charge in [0.05, 0.1) is 22.5 Å². The normalized spacial score (nSPS) is 18.5. The Balaban J connectivity index is 1.26. The summed E-state index contributed by atoms with van der Waals surface area (Å²) in [5.74, 6) is 0.519. The number of pyridine rings is 1. The summed E-state index contributed by atoms with van der Waals surface area (Å²) in [4.78, 5) is 32.4. The first-order chi connectivity index (χ1) is 19.1. The Morgan fingerprint density at radius 2 is 1.55 bits per heavy atom. The molecule has 212 valence electrons. The number of aryl methyl sites for hydroxylation is 2. The molecule has 2 fully saturated rings. The summed E-state index contributed by atoms with van der Waals surface area (Å²) in [6.07, 6.45) is 1.45. The summed E-state index contributed by atoms with van der Waals surface area (Å²) in [6, 6.07) is 12.4. The molecule has 0 radical (unpaired) electrons. The lowest BCUT2D eigenvalue weighted by Crippen LogP contribution is -2.58. The molecule has 7 nitrogen and oxygen atoms in total. The van der Waals surface area contributed by atoms with E-state index in [0.29, 0.717) is 35.9 Å². The first-order valence-electron chi connectivity index (χ1n) is 13.8. The monoisotopic (exact) mass is 552 g/mol. The maximum Gasteiger partial charge on any atom is 0.417 e. The smallest absolute Gasteiger partial charge is 0.338 e. The Morgan fingerprint density at radius 3 is 2.10 bits per heavy atom. The van der Waals surface area contributed by atoms with Crippen molar-refractivity contribution in [2.75, 3.05) is 31.1 Å². The predicted molar refractivity (Wildman–Crippen MR) is 147 cm³/mol. The average molecular weight is 553 g/mol. The Kier molecular flexibility index (Phi) is 7.81. The van der Waals surface area contributed by atoms with E-state index in [1.165, 1.54) is 12.4 Å². The minimum Gasteiger partial charge on any atom is -0.338 e. The molecule has 1 aromatic carbocycles. The van der Waals surface area contributed by atoms with E-state index in [-0.39, 0.29) is 17.5 Å². The summed E-state index contributed by atoms with van der Waals surface area (Å²) in [7, 11) is 0. The molecule has 1 amide bonds. The van der Waals surface area contributed by atoms with E-state index >= 15 is 0 Å². The zero-order valence-corrected chi connectivity index (χ0v) is 23.2.